The third kappa shape index (κ3) is 4.82. The molecule has 0 aromatic heterocycles. The Morgan fingerprint density at radius 2 is 1.81 bits per heavy atom. The second-order valence-electron chi connectivity index (χ2n) is 6.63. The highest BCUT2D eigenvalue weighted by Crippen LogP contribution is 2.26. The minimum atomic E-state index is 0.421. The van der Waals surface area contributed by atoms with Gasteiger partial charge in [0.2, 0.25) is 0 Å². The zero-order valence-corrected chi connectivity index (χ0v) is 14.0. The molecule has 1 aliphatic carbocycles. The number of likely N-dealkylation sites (N-methyl/N-ethyl adjacent to an activating group) is 2. The number of nitrogens with zero attached hydrogens (tertiary/aromatic N) is 1. The van der Waals surface area contributed by atoms with Gasteiger partial charge in [-0.2, -0.15) is 0 Å². The normalized spacial score (nSPS) is 19.6. The smallest absolute Gasteiger partial charge is 0.0475 e. The van der Waals surface area contributed by atoms with E-state index in [1.807, 2.05) is 0 Å². The first kappa shape index (κ1) is 16.5. The summed E-state index contributed by atoms with van der Waals surface area (Å²) in [5.41, 5.74) is 1.40. The Morgan fingerprint density at radius 1 is 1.14 bits per heavy atom. The van der Waals surface area contributed by atoms with E-state index < -0.39 is 0 Å². The first-order valence-electron chi connectivity index (χ1n) is 8.71. The van der Waals surface area contributed by atoms with E-state index in [2.05, 4.69) is 61.4 Å². The molecule has 0 amide bonds. The quantitative estimate of drug-likeness (QED) is 0.807. The Hall–Kier alpha value is -0.860. The Balaban J connectivity index is 1.98. The maximum Gasteiger partial charge on any atom is 0.0475 e. The maximum atomic E-state index is 3.68. The van der Waals surface area contributed by atoms with Crippen molar-refractivity contribution in [1.82, 2.24) is 10.2 Å². The molecule has 1 fully saturated rings. The molecule has 2 unspecified atom stereocenters. The average molecular weight is 288 g/mol. The molecule has 1 aromatic rings. The molecule has 1 saturated carbocycles. The minimum absolute atomic E-state index is 0.421. The van der Waals surface area contributed by atoms with Crippen LogP contribution in [0.3, 0.4) is 0 Å². The maximum absolute atomic E-state index is 3.68. The molecule has 118 valence electrons. The van der Waals surface area contributed by atoms with Crippen LogP contribution in [0.15, 0.2) is 30.3 Å². The topological polar surface area (TPSA) is 15.3 Å². The predicted molar refractivity (Wildman–Crippen MR) is 91.5 cm³/mol. The van der Waals surface area contributed by atoms with Gasteiger partial charge in [0.25, 0.3) is 0 Å². The van der Waals surface area contributed by atoms with Crippen molar-refractivity contribution < 1.29 is 0 Å². The zero-order chi connectivity index (χ0) is 15.1. The van der Waals surface area contributed by atoms with Gasteiger partial charge < -0.3 is 10.2 Å². The van der Waals surface area contributed by atoms with Gasteiger partial charge in [0.05, 0.1) is 0 Å². The molecule has 2 heteroatoms. The monoisotopic (exact) mass is 288 g/mol. The zero-order valence-electron chi connectivity index (χ0n) is 14.0. The van der Waals surface area contributed by atoms with Crippen molar-refractivity contribution in [3.63, 3.8) is 0 Å². The third-order valence-corrected chi connectivity index (χ3v) is 5.03. The van der Waals surface area contributed by atoms with Gasteiger partial charge in [0, 0.05) is 18.6 Å². The van der Waals surface area contributed by atoms with Crippen LogP contribution in [0.4, 0.5) is 0 Å². The molecule has 1 aromatic carbocycles. The van der Waals surface area contributed by atoms with Crippen molar-refractivity contribution in [2.45, 2.75) is 58.0 Å². The fourth-order valence-corrected chi connectivity index (χ4v) is 3.64. The van der Waals surface area contributed by atoms with Crippen molar-refractivity contribution in [3.05, 3.63) is 35.9 Å². The summed E-state index contributed by atoms with van der Waals surface area (Å²) in [6, 6.07) is 11.8. The number of hydrogen-bond acceptors (Lipinski definition) is 2. The van der Waals surface area contributed by atoms with Gasteiger partial charge in [-0.1, -0.05) is 56.5 Å². The van der Waals surface area contributed by atoms with Gasteiger partial charge in [0.1, 0.15) is 0 Å². The largest absolute Gasteiger partial charge is 0.309 e. The number of hydrogen-bond donors (Lipinski definition) is 1. The van der Waals surface area contributed by atoms with Crippen LogP contribution in [0.1, 0.15) is 57.6 Å². The SMILES string of the molecule is CCNC(c1ccccc1)C(C)N(C)CC1CCCCC1. The minimum Gasteiger partial charge on any atom is -0.309 e. The average Bonchev–Trinajstić information content (AvgIpc) is 2.53. The molecule has 2 rings (SSSR count). The second kappa shape index (κ2) is 8.55. The van der Waals surface area contributed by atoms with Crippen LogP contribution < -0.4 is 5.32 Å². The summed E-state index contributed by atoms with van der Waals surface area (Å²) in [4.78, 5) is 2.57. The van der Waals surface area contributed by atoms with Gasteiger partial charge in [0.15, 0.2) is 0 Å². The number of rotatable bonds is 7. The molecular formula is C19H32N2. The van der Waals surface area contributed by atoms with Crippen LogP contribution in [-0.2, 0) is 0 Å². The van der Waals surface area contributed by atoms with E-state index in [1.165, 1.54) is 44.2 Å². The summed E-state index contributed by atoms with van der Waals surface area (Å²) in [6.07, 6.45) is 7.16. The van der Waals surface area contributed by atoms with Crippen LogP contribution in [0.25, 0.3) is 0 Å². The third-order valence-electron chi connectivity index (χ3n) is 5.03. The van der Waals surface area contributed by atoms with Gasteiger partial charge in [-0.15, -0.1) is 0 Å². The van der Waals surface area contributed by atoms with Crippen molar-refractivity contribution in [3.8, 4) is 0 Å². The van der Waals surface area contributed by atoms with E-state index in [0.29, 0.717) is 12.1 Å². The lowest BCUT2D eigenvalue weighted by Crippen LogP contribution is -2.43. The van der Waals surface area contributed by atoms with Gasteiger partial charge >= 0.3 is 0 Å². The first-order chi connectivity index (χ1) is 10.2. The fourth-order valence-electron chi connectivity index (χ4n) is 3.64. The highest BCUT2D eigenvalue weighted by atomic mass is 15.2. The van der Waals surface area contributed by atoms with Gasteiger partial charge in [-0.25, -0.2) is 0 Å². The lowest BCUT2D eigenvalue weighted by atomic mass is 9.88. The highest BCUT2D eigenvalue weighted by molar-refractivity contribution is 5.20. The summed E-state index contributed by atoms with van der Waals surface area (Å²) >= 11 is 0. The molecule has 0 aliphatic heterocycles. The lowest BCUT2D eigenvalue weighted by Gasteiger charge is -2.36. The number of nitrogens with one attached hydrogen (secondary N) is 1. The van der Waals surface area contributed by atoms with Gasteiger partial charge in [-0.05, 0) is 44.8 Å². The Kier molecular flexibility index (Phi) is 6.72. The standard InChI is InChI=1S/C19H32N2/c1-4-20-19(18-13-9-6-10-14-18)16(2)21(3)15-17-11-7-5-8-12-17/h6,9-10,13-14,16-17,19-20H,4-5,7-8,11-12,15H2,1-3H3. The van der Waals surface area contributed by atoms with Crippen LogP contribution in [0.5, 0.6) is 0 Å². The van der Waals surface area contributed by atoms with E-state index in [4.69, 9.17) is 0 Å². The molecule has 0 saturated heterocycles. The first-order valence-corrected chi connectivity index (χ1v) is 8.71. The fraction of sp³-hybridized carbons (Fsp3) is 0.684. The van der Waals surface area contributed by atoms with Crippen molar-refractivity contribution >= 4 is 0 Å². The summed E-state index contributed by atoms with van der Waals surface area (Å²) < 4.78 is 0. The second-order valence-corrected chi connectivity index (χ2v) is 6.63. The Morgan fingerprint density at radius 3 is 2.43 bits per heavy atom. The molecule has 21 heavy (non-hydrogen) atoms. The van der Waals surface area contributed by atoms with E-state index >= 15 is 0 Å². The highest BCUT2D eigenvalue weighted by Gasteiger charge is 2.24. The summed E-state index contributed by atoms with van der Waals surface area (Å²) in [6.45, 7) is 6.82. The van der Waals surface area contributed by atoms with Crippen LogP contribution in [0.2, 0.25) is 0 Å². The Bertz CT molecular complexity index is 384. The van der Waals surface area contributed by atoms with E-state index in [1.54, 1.807) is 0 Å². The molecule has 2 nitrogen and oxygen atoms in total. The predicted octanol–water partition coefficient (Wildman–Crippen LogP) is 4.24. The molecule has 0 spiro atoms. The summed E-state index contributed by atoms with van der Waals surface area (Å²) in [5.74, 6) is 0.907. The van der Waals surface area contributed by atoms with Crippen molar-refractivity contribution in [1.29, 1.82) is 0 Å². The summed E-state index contributed by atoms with van der Waals surface area (Å²) in [7, 11) is 2.30. The lowest BCUT2D eigenvalue weighted by molar-refractivity contribution is 0.161. The van der Waals surface area contributed by atoms with E-state index in [9.17, 15) is 0 Å². The molecule has 1 N–H and O–H groups in total. The van der Waals surface area contributed by atoms with Crippen molar-refractivity contribution in [2.24, 2.45) is 5.92 Å². The number of benzene rings is 1. The van der Waals surface area contributed by atoms with Crippen LogP contribution >= 0.6 is 0 Å². The molecule has 0 heterocycles. The molecule has 2 atom stereocenters. The van der Waals surface area contributed by atoms with E-state index in [-0.39, 0.29) is 0 Å². The molecule has 1 aliphatic rings. The Labute approximate surface area is 130 Å². The van der Waals surface area contributed by atoms with Crippen LogP contribution in [-0.4, -0.2) is 31.1 Å². The molecule has 0 radical (unpaired) electrons. The van der Waals surface area contributed by atoms with E-state index in [0.717, 1.165) is 12.5 Å². The molecule has 0 bridgehead atoms. The van der Waals surface area contributed by atoms with Crippen LogP contribution in [0, 0.1) is 5.92 Å². The van der Waals surface area contributed by atoms with Crippen molar-refractivity contribution in [2.75, 3.05) is 20.1 Å². The van der Waals surface area contributed by atoms with Gasteiger partial charge in [-0.3, -0.25) is 0 Å². The molecular weight excluding hydrogens is 256 g/mol. The summed E-state index contributed by atoms with van der Waals surface area (Å²) in [5, 5.41) is 3.68.